The van der Waals surface area contributed by atoms with Gasteiger partial charge in [-0.3, -0.25) is 4.90 Å². The molecule has 0 aliphatic carbocycles. The number of carbonyl (C=O) groups excluding carboxylic acids is 2. The molecule has 7 nitrogen and oxygen atoms in total. The van der Waals surface area contributed by atoms with Gasteiger partial charge in [-0.05, 0) is 69.0 Å². The molecule has 50 heavy (non-hydrogen) atoms. The van der Waals surface area contributed by atoms with Crippen LogP contribution < -0.4 is 11.1 Å². The van der Waals surface area contributed by atoms with Gasteiger partial charge in [0.05, 0.1) is 23.7 Å². The van der Waals surface area contributed by atoms with Gasteiger partial charge in [0, 0.05) is 42.5 Å². The van der Waals surface area contributed by atoms with Crippen molar-refractivity contribution >= 4 is 17.6 Å². The molecule has 2 aliphatic rings. The molecule has 5 rings (SSSR count). The Kier molecular flexibility index (Phi) is 15.6. The molecule has 3 N–H and O–H groups in total. The smallest absolute Gasteiger partial charge is 0.337 e. The topological polar surface area (TPSA) is 93.9 Å². The molecule has 0 spiro atoms. The predicted molar refractivity (Wildman–Crippen MR) is 205 cm³/mol. The van der Waals surface area contributed by atoms with E-state index in [1.807, 2.05) is 45.9 Å². The summed E-state index contributed by atoms with van der Waals surface area (Å²) in [6, 6.07) is 28.6. The normalized spacial score (nSPS) is 18.7. The summed E-state index contributed by atoms with van der Waals surface area (Å²) in [5, 5.41) is 3.26. The first-order valence-corrected chi connectivity index (χ1v) is 17.9. The maximum atomic E-state index is 14.1. The largest absolute Gasteiger partial charge is 0.462 e. The van der Waals surface area contributed by atoms with Crippen LogP contribution in [0.25, 0.3) is 0 Å². The van der Waals surface area contributed by atoms with Gasteiger partial charge in [-0.2, -0.15) is 0 Å². The van der Waals surface area contributed by atoms with Crippen LogP contribution in [0.3, 0.4) is 0 Å². The lowest BCUT2D eigenvalue weighted by Gasteiger charge is -2.33. The molecular weight excluding hydrogens is 622 g/mol. The highest BCUT2D eigenvalue weighted by atomic mass is 16.6. The highest BCUT2D eigenvalue weighted by molar-refractivity contribution is 6.00. The summed E-state index contributed by atoms with van der Waals surface area (Å²) in [6.07, 6.45) is 3.63. The van der Waals surface area contributed by atoms with E-state index in [0.717, 1.165) is 31.5 Å². The molecule has 0 bridgehead atoms. The van der Waals surface area contributed by atoms with E-state index in [1.165, 1.54) is 17.5 Å². The Balaban J connectivity index is 0.00000128. The minimum absolute atomic E-state index is 0.280. The average molecular weight is 680 g/mol. The standard InChI is InChI=1S/C38H45N3O4.C3H8.C2H4/c1-5-23-44-36(42)33-26(2)40-27(3)34(35(33)30-17-12-18-31(39)24-30)37(43)45-38(4)20-22-41(25-38)21-19-32(28-13-8-6-9-14-28)29-15-10-7-11-16-29;1-3-2;1-2/h6-18,24,32,35,40H,5,19-23,25,39H2,1-4H3;3H2,1-2H3;1-2H2. The van der Waals surface area contributed by atoms with Crippen LogP contribution in [0.2, 0.25) is 0 Å². The number of esters is 2. The minimum Gasteiger partial charge on any atom is -0.462 e. The van der Waals surface area contributed by atoms with Gasteiger partial charge in [0.1, 0.15) is 5.60 Å². The Bertz CT molecular complexity index is 1560. The maximum absolute atomic E-state index is 14.1. The van der Waals surface area contributed by atoms with Crippen LogP contribution in [0.1, 0.15) is 95.8 Å². The van der Waals surface area contributed by atoms with Crippen LogP contribution in [0.5, 0.6) is 0 Å². The van der Waals surface area contributed by atoms with Gasteiger partial charge in [-0.1, -0.05) is 100.0 Å². The number of dihydropyridines is 1. The molecule has 0 aromatic heterocycles. The zero-order valence-electron chi connectivity index (χ0n) is 31.0. The number of allylic oxidation sites excluding steroid dienone is 2. The summed E-state index contributed by atoms with van der Waals surface area (Å²) in [5.41, 5.74) is 11.5. The molecule has 2 aliphatic heterocycles. The van der Waals surface area contributed by atoms with Crippen molar-refractivity contribution in [2.45, 2.75) is 84.7 Å². The summed E-state index contributed by atoms with van der Waals surface area (Å²) in [7, 11) is 0. The first-order chi connectivity index (χ1) is 24.1. The van der Waals surface area contributed by atoms with Crippen LogP contribution in [-0.4, -0.2) is 48.7 Å². The second-order valence-electron chi connectivity index (χ2n) is 13.2. The SMILES string of the molecule is C=C.CCC.CCCOC(=O)C1=C(C)NC(C)=C(C(=O)OC2(C)CCN(CCC(c3ccccc3)c3ccccc3)C2)C1c1cccc(N)c1. The average Bonchev–Trinajstić information content (AvgIpc) is 3.48. The van der Waals surface area contributed by atoms with E-state index in [9.17, 15) is 9.59 Å². The van der Waals surface area contributed by atoms with Crippen molar-refractivity contribution in [1.29, 1.82) is 0 Å². The lowest BCUT2D eigenvalue weighted by molar-refractivity contribution is -0.152. The number of rotatable bonds is 11. The van der Waals surface area contributed by atoms with E-state index < -0.39 is 23.5 Å². The monoisotopic (exact) mass is 679 g/mol. The number of carbonyl (C=O) groups is 2. The molecule has 2 unspecified atom stereocenters. The number of nitrogens with one attached hydrogen (secondary N) is 1. The zero-order chi connectivity index (χ0) is 36.7. The van der Waals surface area contributed by atoms with Gasteiger partial charge >= 0.3 is 11.9 Å². The van der Waals surface area contributed by atoms with Crippen molar-refractivity contribution in [2.75, 3.05) is 32.0 Å². The van der Waals surface area contributed by atoms with E-state index in [4.69, 9.17) is 15.2 Å². The number of nitrogens with zero attached hydrogens (tertiary/aromatic N) is 1. The number of nitrogens with two attached hydrogens (primary N) is 1. The molecule has 0 saturated carbocycles. The first kappa shape index (κ1) is 39.8. The van der Waals surface area contributed by atoms with Gasteiger partial charge in [0.25, 0.3) is 0 Å². The van der Waals surface area contributed by atoms with Crippen LogP contribution in [0.4, 0.5) is 5.69 Å². The summed E-state index contributed by atoms with van der Waals surface area (Å²) in [4.78, 5) is 29.9. The molecule has 3 aromatic rings. The third kappa shape index (κ3) is 10.4. The molecule has 268 valence electrons. The van der Waals surface area contributed by atoms with E-state index >= 15 is 0 Å². The fourth-order valence-corrected chi connectivity index (χ4v) is 6.67. The van der Waals surface area contributed by atoms with E-state index in [-0.39, 0.29) is 5.92 Å². The number of ether oxygens (including phenoxy) is 2. The van der Waals surface area contributed by atoms with Crippen LogP contribution in [0, 0.1) is 0 Å². The fourth-order valence-electron chi connectivity index (χ4n) is 6.67. The number of hydrogen-bond acceptors (Lipinski definition) is 7. The van der Waals surface area contributed by atoms with Gasteiger partial charge in [-0.25, -0.2) is 9.59 Å². The summed E-state index contributed by atoms with van der Waals surface area (Å²) >= 11 is 0. The minimum atomic E-state index is -0.668. The molecule has 1 saturated heterocycles. The highest BCUT2D eigenvalue weighted by Crippen LogP contribution is 2.41. The van der Waals surface area contributed by atoms with Crippen molar-refractivity contribution in [3.8, 4) is 0 Å². The molecule has 0 amide bonds. The Morgan fingerprint density at radius 1 is 0.900 bits per heavy atom. The Morgan fingerprint density at radius 2 is 1.46 bits per heavy atom. The first-order valence-electron chi connectivity index (χ1n) is 17.9. The number of benzene rings is 3. The van der Waals surface area contributed by atoms with E-state index in [1.54, 1.807) is 6.07 Å². The van der Waals surface area contributed by atoms with Crippen molar-refractivity contribution < 1.29 is 19.1 Å². The van der Waals surface area contributed by atoms with Crippen molar-refractivity contribution in [3.05, 3.63) is 137 Å². The number of hydrogen-bond donors (Lipinski definition) is 2. The highest BCUT2D eigenvalue weighted by Gasteiger charge is 2.43. The Morgan fingerprint density at radius 3 is 2.00 bits per heavy atom. The lowest BCUT2D eigenvalue weighted by atomic mass is 9.80. The molecular formula is C43H57N3O4. The second-order valence-corrected chi connectivity index (χ2v) is 13.2. The van der Waals surface area contributed by atoms with Crippen molar-refractivity contribution in [1.82, 2.24) is 10.2 Å². The second kappa shape index (κ2) is 19.5. The van der Waals surface area contributed by atoms with Crippen LogP contribution in [-0.2, 0) is 19.1 Å². The number of nitrogen functional groups attached to an aromatic ring is 1. The fraction of sp³-hybridized carbons (Fsp3) is 0.395. The molecule has 3 aromatic carbocycles. The zero-order valence-corrected chi connectivity index (χ0v) is 31.0. The van der Waals surface area contributed by atoms with Crippen molar-refractivity contribution in [3.63, 3.8) is 0 Å². The number of likely N-dealkylation sites (tertiary alicyclic amines) is 1. The number of anilines is 1. The Hall–Kier alpha value is -4.62. The molecule has 0 radical (unpaired) electrons. The quantitative estimate of drug-likeness (QED) is 0.119. The van der Waals surface area contributed by atoms with Crippen LogP contribution in [0.15, 0.2) is 121 Å². The molecule has 2 heterocycles. The predicted octanol–water partition coefficient (Wildman–Crippen LogP) is 8.91. The maximum Gasteiger partial charge on any atom is 0.337 e. The van der Waals surface area contributed by atoms with Crippen LogP contribution >= 0.6 is 0 Å². The van der Waals surface area contributed by atoms with Gasteiger partial charge in [-0.15, -0.1) is 13.2 Å². The Labute approximate surface area is 300 Å². The van der Waals surface area contributed by atoms with Crippen molar-refractivity contribution in [2.24, 2.45) is 0 Å². The van der Waals surface area contributed by atoms with Gasteiger partial charge < -0.3 is 20.5 Å². The van der Waals surface area contributed by atoms with E-state index in [2.05, 4.69) is 97.9 Å². The van der Waals surface area contributed by atoms with Gasteiger partial charge in [0.2, 0.25) is 0 Å². The summed E-state index contributed by atoms with van der Waals surface area (Å²) < 4.78 is 11.9. The molecule has 7 heteroatoms. The van der Waals surface area contributed by atoms with E-state index in [0.29, 0.717) is 47.8 Å². The lowest BCUT2D eigenvalue weighted by Crippen LogP contribution is -2.39. The third-order valence-corrected chi connectivity index (χ3v) is 8.87. The summed E-state index contributed by atoms with van der Waals surface area (Å²) in [6.45, 7) is 20.5. The third-order valence-electron chi connectivity index (χ3n) is 8.87. The molecule has 1 fully saturated rings. The molecule has 2 atom stereocenters. The van der Waals surface area contributed by atoms with Gasteiger partial charge in [0.15, 0.2) is 0 Å². The summed E-state index contributed by atoms with van der Waals surface area (Å²) in [5.74, 6) is -1.26.